The maximum absolute atomic E-state index is 11.9. The van der Waals surface area contributed by atoms with Crippen LogP contribution in [0.15, 0.2) is 24.3 Å². The molecule has 0 radical (unpaired) electrons. The molecule has 0 aliphatic carbocycles. The van der Waals surface area contributed by atoms with Gasteiger partial charge in [-0.2, -0.15) is 0 Å². The molecule has 1 unspecified atom stereocenters. The summed E-state index contributed by atoms with van der Waals surface area (Å²) in [5.41, 5.74) is 1.77. The van der Waals surface area contributed by atoms with Gasteiger partial charge in [-0.05, 0) is 18.4 Å². The standard InChI is InChI=1S/C14H18O3/c1-3-10-5-7-12(8-6-10)13(15)9-11(4-2)14(16)17/h5-8,11H,3-4,9H2,1-2H3,(H,16,17). The third kappa shape index (κ3) is 3.70. The van der Waals surface area contributed by atoms with E-state index in [1.165, 1.54) is 5.56 Å². The van der Waals surface area contributed by atoms with Crippen LogP contribution in [-0.2, 0) is 11.2 Å². The van der Waals surface area contributed by atoms with Gasteiger partial charge in [-0.3, -0.25) is 9.59 Å². The monoisotopic (exact) mass is 234 g/mol. The van der Waals surface area contributed by atoms with E-state index in [0.29, 0.717) is 12.0 Å². The first-order valence-electron chi connectivity index (χ1n) is 5.93. The van der Waals surface area contributed by atoms with Gasteiger partial charge in [0, 0.05) is 12.0 Å². The van der Waals surface area contributed by atoms with E-state index in [9.17, 15) is 9.59 Å². The van der Waals surface area contributed by atoms with Gasteiger partial charge in [0.25, 0.3) is 0 Å². The molecule has 1 atom stereocenters. The number of hydrogen-bond acceptors (Lipinski definition) is 2. The minimum Gasteiger partial charge on any atom is -0.481 e. The largest absolute Gasteiger partial charge is 0.481 e. The van der Waals surface area contributed by atoms with Crippen LogP contribution >= 0.6 is 0 Å². The number of carboxylic acids is 1. The predicted octanol–water partition coefficient (Wildman–Crippen LogP) is 2.93. The van der Waals surface area contributed by atoms with Gasteiger partial charge in [0.05, 0.1) is 5.92 Å². The van der Waals surface area contributed by atoms with Gasteiger partial charge in [-0.1, -0.05) is 38.1 Å². The Bertz CT molecular complexity index is 392. The Morgan fingerprint density at radius 3 is 2.18 bits per heavy atom. The fourth-order valence-electron chi connectivity index (χ4n) is 1.67. The van der Waals surface area contributed by atoms with Gasteiger partial charge in [0.1, 0.15) is 0 Å². The van der Waals surface area contributed by atoms with Crippen LogP contribution in [-0.4, -0.2) is 16.9 Å². The first kappa shape index (κ1) is 13.4. The maximum Gasteiger partial charge on any atom is 0.306 e. The summed E-state index contributed by atoms with van der Waals surface area (Å²) in [6.45, 7) is 3.83. The zero-order chi connectivity index (χ0) is 12.8. The van der Waals surface area contributed by atoms with E-state index in [2.05, 4.69) is 0 Å². The molecule has 0 heterocycles. The van der Waals surface area contributed by atoms with E-state index < -0.39 is 11.9 Å². The average Bonchev–Trinajstić information content (AvgIpc) is 2.35. The Labute approximate surface area is 101 Å². The van der Waals surface area contributed by atoms with Crippen molar-refractivity contribution in [3.63, 3.8) is 0 Å². The van der Waals surface area contributed by atoms with Crippen molar-refractivity contribution in [1.29, 1.82) is 0 Å². The molecule has 0 saturated carbocycles. The van der Waals surface area contributed by atoms with Gasteiger partial charge in [-0.15, -0.1) is 0 Å². The van der Waals surface area contributed by atoms with Crippen LogP contribution in [0.5, 0.6) is 0 Å². The van der Waals surface area contributed by atoms with Crippen molar-refractivity contribution in [2.24, 2.45) is 5.92 Å². The van der Waals surface area contributed by atoms with Crippen molar-refractivity contribution >= 4 is 11.8 Å². The van der Waals surface area contributed by atoms with Crippen molar-refractivity contribution in [3.05, 3.63) is 35.4 Å². The van der Waals surface area contributed by atoms with E-state index in [-0.39, 0.29) is 12.2 Å². The quantitative estimate of drug-likeness (QED) is 0.770. The van der Waals surface area contributed by atoms with Crippen LogP contribution in [0.1, 0.15) is 42.6 Å². The van der Waals surface area contributed by atoms with Crippen molar-refractivity contribution in [1.82, 2.24) is 0 Å². The number of rotatable bonds is 6. The molecule has 3 heteroatoms. The fourth-order valence-corrected chi connectivity index (χ4v) is 1.67. The topological polar surface area (TPSA) is 54.4 Å². The number of carbonyl (C=O) groups excluding carboxylic acids is 1. The second-order valence-electron chi connectivity index (χ2n) is 4.12. The molecule has 0 aromatic heterocycles. The molecule has 92 valence electrons. The van der Waals surface area contributed by atoms with Crippen LogP contribution < -0.4 is 0 Å². The number of Topliss-reactive ketones (excluding diaryl/α,β-unsaturated/α-hetero) is 1. The summed E-state index contributed by atoms with van der Waals surface area (Å²) in [6, 6.07) is 7.37. The van der Waals surface area contributed by atoms with Crippen LogP contribution in [0.25, 0.3) is 0 Å². The van der Waals surface area contributed by atoms with Crippen LogP contribution in [0.3, 0.4) is 0 Å². The highest BCUT2D eigenvalue weighted by Crippen LogP contribution is 2.14. The zero-order valence-electron chi connectivity index (χ0n) is 10.3. The van der Waals surface area contributed by atoms with E-state index in [1.807, 2.05) is 19.1 Å². The molecule has 0 saturated heterocycles. The molecule has 0 fully saturated rings. The Morgan fingerprint density at radius 1 is 1.18 bits per heavy atom. The summed E-state index contributed by atoms with van der Waals surface area (Å²) in [5.74, 6) is -1.57. The molecule has 0 bridgehead atoms. The third-order valence-electron chi connectivity index (χ3n) is 2.96. The van der Waals surface area contributed by atoms with E-state index in [1.54, 1.807) is 19.1 Å². The lowest BCUT2D eigenvalue weighted by molar-refractivity contribution is -0.141. The molecular formula is C14H18O3. The molecule has 1 aromatic carbocycles. The summed E-state index contributed by atoms with van der Waals surface area (Å²) in [4.78, 5) is 22.7. The number of carbonyl (C=O) groups is 2. The van der Waals surface area contributed by atoms with Crippen molar-refractivity contribution in [3.8, 4) is 0 Å². The Kier molecular flexibility index (Phi) is 4.88. The highest BCUT2D eigenvalue weighted by molar-refractivity contribution is 5.97. The third-order valence-corrected chi connectivity index (χ3v) is 2.96. The number of hydrogen-bond donors (Lipinski definition) is 1. The van der Waals surface area contributed by atoms with Crippen molar-refractivity contribution in [2.45, 2.75) is 33.1 Å². The molecule has 17 heavy (non-hydrogen) atoms. The Hall–Kier alpha value is -1.64. The molecule has 0 aliphatic heterocycles. The molecular weight excluding hydrogens is 216 g/mol. The van der Waals surface area contributed by atoms with Gasteiger partial charge in [0.2, 0.25) is 0 Å². The predicted molar refractivity (Wildman–Crippen MR) is 66.2 cm³/mol. The van der Waals surface area contributed by atoms with Crippen LogP contribution in [0.2, 0.25) is 0 Å². The second kappa shape index (κ2) is 6.18. The first-order valence-corrected chi connectivity index (χ1v) is 5.93. The number of carboxylic acid groups (broad SMARTS) is 1. The Morgan fingerprint density at radius 2 is 1.76 bits per heavy atom. The summed E-state index contributed by atoms with van der Waals surface area (Å²) >= 11 is 0. The highest BCUT2D eigenvalue weighted by atomic mass is 16.4. The molecule has 1 rings (SSSR count). The molecule has 1 aromatic rings. The van der Waals surface area contributed by atoms with Gasteiger partial charge >= 0.3 is 5.97 Å². The molecule has 0 aliphatic rings. The average molecular weight is 234 g/mol. The summed E-state index contributed by atoms with van der Waals surface area (Å²) in [6.07, 6.45) is 1.49. The van der Waals surface area contributed by atoms with Gasteiger partial charge in [-0.25, -0.2) is 0 Å². The van der Waals surface area contributed by atoms with Crippen LogP contribution in [0, 0.1) is 5.92 Å². The molecule has 1 N–H and O–H groups in total. The van der Waals surface area contributed by atoms with Crippen molar-refractivity contribution < 1.29 is 14.7 Å². The zero-order valence-corrected chi connectivity index (χ0v) is 10.3. The summed E-state index contributed by atoms with van der Waals surface area (Å²) < 4.78 is 0. The number of aryl methyl sites for hydroxylation is 1. The summed E-state index contributed by atoms with van der Waals surface area (Å²) in [7, 11) is 0. The van der Waals surface area contributed by atoms with Gasteiger partial charge in [0.15, 0.2) is 5.78 Å². The number of benzene rings is 1. The lowest BCUT2D eigenvalue weighted by atomic mass is 9.95. The first-order chi connectivity index (χ1) is 8.08. The van der Waals surface area contributed by atoms with E-state index >= 15 is 0 Å². The number of ketones is 1. The highest BCUT2D eigenvalue weighted by Gasteiger charge is 2.19. The Balaban J connectivity index is 2.72. The SMILES string of the molecule is CCc1ccc(C(=O)CC(CC)C(=O)O)cc1. The smallest absolute Gasteiger partial charge is 0.306 e. The summed E-state index contributed by atoms with van der Waals surface area (Å²) in [5, 5.41) is 8.90. The van der Waals surface area contributed by atoms with Gasteiger partial charge < -0.3 is 5.11 Å². The van der Waals surface area contributed by atoms with Crippen molar-refractivity contribution in [2.75, 3.05) is 0 Å². The minimum absolute atomic E-state index is 0.0807. The fraction of sp³-hybridized carbons (Fsp3) is 0.429. The van der Waals surface area contributed by atoms with E-state index in [0.717, 1.165) is 6.42 Å². The van der Waals surface area contributed by atoms with E-state index in [4.69, 9.17) is 5.11 Å². The minimum atomic E-state index is -0.897. The number of aliphatic carboxylic acids is 1. The second-order valence-corrected chi connectivity index (χ2v) is 4.12. The molecule has 3 nitrogen and oxygen atoms in total. The molecule has 0 spiro atoms. The molecule has 0 amide bonds. The maximum atomic E-state index is 11.9. The lowest BCUT2D eigenvalue weighted by Gasteiger charge is -2.08. The normalized spacial score (nSPS) is 12.1. The lowest BCUT2D eigenvalue weighted by Crippen LogP contribution is -2.17. The van der Waals surface area contributed by atoms with Crippen LogP contribution in [0.4, 0.5) is 0 Å².